The largest absolute Gasteiger partial charge is 0.352 e. The Morgan fingerprint density at radius 1 is 1.00 bits per heavy atom. The van der Waals surface area contributed by atoms with Crippen molar-refractivity contribution < 1.29 is 0 Å². The van der Waals surface area contributed by atoms with Crippen LogP contribution in [0.5, 0.6) is 0 Å². The monoisotopic (exact) mass is 356 g/mol. The summed E-state index contributed by atoms with van der Waals surface area (Å²) in [5, 5.41) is 5.07. The summed E-state index contributed by atoms with van der Waals surface area (Å²) in [4.78, 5) is 17.8. The van der Waals surface area contributed by atoms with Crippen LogP contribution in [-0.4, -0.2) is 20.4 Å². The lowest BCUT2D eigenvalue weighted by Gasteiger charge is -2.09. The lowest BCUT2D eigenvalue weighted by Crippen LogP contribution is -2.20. The molecule has 0 fully saturated rings. The molecule has 0 N–H and O–H groups in total. The van der Waals surface area contributed by atoms with Crippen molar-refractivity contribution in [3.63, 3.8) is 0 Å². The molecule has 0 aliphatic carbocycles. The SMILES string of the molecule is Cc1cc(C=Nn2c(-c3ccccc3)nc3ccccc3c2=O)c(C)n1C. The topological polar surface area (TPSA) is 52.2 Å². The van der Waals surface area contributed by atoms with E-state index >= 15 is 0 Å². The molecule has 4 aromatic rings. The standard InChI is InChI=1S/C22H20N4O/c1-15-13-18(16(2)25(15)3)14-23-26-21(17-9-5-4-6-10-17)24-20-12-8-7-11-19(20)22(26)27/h4-14H,1-3H3. The Hall–Kier alpha value is -3.47. The molecule has 0 unspecified atom stereocenters. The third-order valence-corrected chi connectivity index (χ3v) is 4.91. The molecule has 0 radical (unpaired) electrons. The molecule has 0 spiro atoms. The zero-order valence-electron chi connectivity index (χ0n) is 15.5. The fourth-order valence-corrected chi connectivity index (χ4v) is 3.14. The van der Waals surface area contributed by atoms with Gasteiger partial charge in [-0.15, -0.1) is 0 Å². The van der Waals surface area contributed by atoms with Gasteiger partial charge >= 0.3 is 0 Å². The number of fused-ring (bicyclic) bond motifs is 1. The Morgan fingerprint density at radius 3 is 2.41 bits per heavy atom. The molecule has 5 nitrogen and oxygen atoms in total. The molecular weight excluding hydrogens is 336 g/mol. The second-order valence-corrected chi connectivity index (χ2v) is 6.57. The lowest BCUT2D eigenvalue weighted by molar-refractivity contribution is 0.827. The van der Waals surface area contributed by atoms with Crippen molar-refractivity contribution in [2.24, 2.45) is 12.1 Å². The highest BCUT2D eigenvalue weighted by Crippen LogP contribution is 2.19. The predicted octanol–water partition coefficient (Wildman–Crippen LogP) is 3.90. The smallest absolute Gasteiger partial charge is 0.282 e. The highest BCUT2D eigenvalue weighted by molar-refractivity contribution is 5.83. The van der Waals surface area contributed by atoms with Crippen molar-refractivity contribution >= 4 is 17.1 Å². The van der Waals surface area contributed by atoms with Crippen LogP contribution in [0.1, 0.15) is 17.0 Å². The second-order valence-electron chi connectivity index (χ2n) is 6.57. The Kier molecular flexibility index (Phi) is 4.20. The van der Waals surface area contributed by atoms with E-state index in [1.165, 1.54) is 4.68 Å². The van der Waals surface area contributed by atoms with E-state index in [-0.39, 0.29) is 5.56 Å². The first-order valence-corrected chi connectivity index (χ1v) is 8.81. The van der Waals surface area contributed by atoms with Gasteiger partial charge in [-0.1, -0.05) is 42.5 Å². The zero-order chi connectivity index (χ0) is 19.0. The summed E-state index contributed by atoms with van der Waals surface area (Å²) in [7, 11) is 2.02. The van der Waals surface area contributed by atoms with Gasteiger partial charge in [0, 0.05) is 29.6 Å². The summed E-state index contributed by atoms with van der Waals surface area (Å²) < 4.78 is 3.49. The average Bonchev–Trinajstić information content (AvgIpc) is 2.94. The van der Waals surface area contributed by atoms with Gasteiger partial charge in [0.1, 0.15) is 0 Å². The van der Waals surface area contributed by atoms with E-state index in [1.54, 1.807) is 12.3 Å². The van der Waals surface area contributed by atoms with Crippen LogP contribution in [-0.2, 0) is 7.05 Å². The molecule has 0 bridgehead atoms. The number of benzene rings is 2. The van der Waals surface area contributed by atoms with Gasteiger partial charge in [0.15, 0.2) is 5.82 Å². The summed E-state index contributed by atoms with van der Waals surface area (Å²) >= 11 is 0. The van der Waals surface area contributed by atoms with E-state index in [1.807, 2.05) is 69.4 Å². The average molecular weight is 356 g/mol. The van der Waals surface area contributed by atoms with E-state index in [0.717, 1.165) is 22.5 Å². The molecule has 0 saturated heterocycles. The van der Waals surface area contributed by atoms with Crippen molar-refractivity contribution in [2.75, 3.05) is 0 Å². The molecule has 2 aromatic heterocycles. The van der Waals surface area contributed by atoms with E-state index in [4.69, 9.17) is 4.98 Å². The van der Waals surface area contributed by atoms with Crippen LogP contribution in [0.4, 0.5) is 0 Å². The zero-order valence-corrected chi connectivity index (χ0v) is 15.5. The first-order chi connectivity index (χ1) is 13.1. The van der Waals surface area contributed by atoms with Crippen LogP contribution in [0.2, 0.25) is 0 Å². The normalized spacial score (nSPS) is 11.5. The van der Waals surface area contributed by atoms with Crippen molar-refractivity contribution in [1.29, 1.82) is 0 Å². The van der Waals surface area contributed by atoms with Gasteiger partial charge in [-0.05, 0) is 32.0 Å². The fraction of sp³-hybridized carbons (Fsp3) is 0.136. The molecule has 2 heterocycles. The van der Waals surface area contributed by atoms with Gasteiger partial charge in [0.05, 0.1) is 17.1 Å². The van der Waals surface area contributed by atoms with Crippen molar-refractivity contribution in [2.45, 2.75) is 13.8 Å². The quantitative estimate of drug-likeness (QED) is 0.523. The molecular formula is C22H20N4O. The predicted molar refractivity (Wildman–Crippen MR) is 109 cm³/mol. The number of hydrogen-bond acceptors (Lipinski definition) is 3. The first kappa shape index (κ1) is 17.0. The van der Waals surface area contributed by atoms with Gasteiger partial charge in [-0.25, -0.2) is 4.98 Å². The Balaban J connectivity index is 1.95. The molecule has 0 aliphatic heterocycles. The van der Waals surface area contributed by atoms with Crippen LogP contribution >= 0.6 is 0 Å². The molecule has 2 aromatic carbocycles. The Labute approximate surface area is 157 Å². The van der Waals surface area contributed by atoms with Gasteiger partial charge in [0.2, 0.25) is 0 Å². The molecule has 27 heavy (non-hydrogen) atoms. The van der Waals surface area contributed by atoms with Crippen molar-refractivity contribution in [3.8, 4) is 11.4 Å². The van der Waals surface area contributed by atoms with Gasteiger partial charge in [0.25, 0.3) is 5.56 Å². The number of hydrogen-bond donors (Lipinski definition) is 0. The van der Waals surface area contributed by atoms with Crippen LogP contribution in [0.15, 0.2) is 70.6 Å². The third kappa shape index (κ3) is 2.97. The Bertz CT molecular complexity index is 1220. The summed E-state index contributed by atoms with van der Waals surface area (Å²) in [6.07, 6.45) is 1.73. The number of para-hydroxylation sites is 1. The molecule has 0 aliphatic rings. The Morgan fingerprint density at radius 2 is 1.70 bits per heavy atom. The first-order valence-electron chi connectivity index (χ1n) is 8.81. The third-order valence-electron chi connectivity index (χ3n) is 4.91. The summed E-state index contributed by atoms with van der Waals surface area (Å²) in [5.74, 6) is 0.529. The van der Waals surface area contributed by atoms with E-state index in [0.29, 0.717) is 16.7 Å². The summed E-state index contributed by atoms with van der Waals surface area (Å²) in [6, 6.07) is 19.1. The maximum Gasteiger partial charge on any atom is 0.282 e. The van der Waals surface area contributed by atoms with Crippen LogP contribution in [0.3, 0.4) is 0 Å². The molecule has 0 amide bonds. The molecule has 0 saturated carbocycles. The minimum Gasteiger partial charge on any atom is -0.352 e. The molecule has 0 atom stereocenters. The number of aromatic nitrogens is 3. The molecule has 5 heteroatoms. The lowest BCUT2D eigenvalue weighted by atomic mass is 10.2. The van der Waals surface area contributed by atoms with E-state index in [2.05, 4.69) is 15.7 Å². The second kappa shape index (κ2) is 6.68. The maximum absolute atomic E-state index is 13.1. The highest BCUT2D eigenvalue weighted by atomic mass is 16.1. The number of rotatable bonds is 3. The number of nitrogens with zero attached hydrogens (tertiary/aromatic N) is 4. The minimum atomic E-state index is -0.180. The van der Waals surface area contributed by atoms with Crippen LogP contribution in [0, 0.1) is 13.8 Å². The fourth-order valence-electron chi connectivity index (χ4n) is 3.14. The molecule has 4 rings (SSSR count). The van der Waals surface area contributed by atoms with Gasteiger partial charge in [-0.3, -0.25) is 4.79 Å². The molecule has 134 valence electrons. The van der Waals surface area contributed by atoms with Crippen LogP contribution in [0.25, 0.3) is 22.3 Å². The van der Waals surface area contributed by atoms with E-state index < -0.39 is 0 Å². The number of aryl methyl sites for hydroxylation is 1. The van der Waals surface area contributed by atoms with Gasteiger partial charge in [-0.2, -0.15) is 9.78 Å². The highest BCUT2D eigenvalue weighted by Gasteiger charge is 2.12. The summed E-state index contributed by atoms with van der Waals surface area (Å²) in [6.45, 7) is 4.08. The van der Waals surface area contributed by atoms with Gasteiger partial charge < -0.3 is 4.57 Å². The van der Waals surface area contributed by atoms with E-state index in [9.17, 15) is 4.79 Å². The minimum absolute atomic E-state index is 0.180. The van der Waals surface area contributed by atoms with Crippen molar-refractivity contribution in [1.82, 2.24) is 14.2 Å². The maximum atomic E-state index is 13.1. The van der Waals surface area contributed by atoms with Crippen molar-refractivity contribution in [3.05, 3.63) is 88.0 Å². The summed E-state index contributed by atoms with van der Waals surface area (Å²) in [5.41, 5.74) is 4.55. The van der Waals surface area contributed by atoms with Crippen LogP contribution < -0.4 is 5.56 Å².